The molecule has 0 amide bonds. The Morgan fingerprint density at radius 2 is 2.06 bits per heavy atom. The van der Waals surface area contributed by atoms with Crippen molar-refractivity contribution in [2.45, 2.75) is 32.6 Å². The van der Waals surface area contributed by atoms with Crippen LogP contribution in [-0.4, -0.2) is 37.3 Å². The standard InChI is InChI=1S/C14H24N2/c1-4-13(2)12-14(15-3)8-7-11-16-9-5-6-10-16/h4,12H,1,5-11H2,2-3H3/b13-12-,15-14?. The molecule has 0 aromatic carbocycles. The van der Waals surface area contributed by atoms with E-state index in [9.17, 15) is 0 Å². The molecule has 0 aromatic heterocycles. The summed E-state index contributed by atoms with van der Waals surface area (Å²) in [7, 11) is 1.87. The van der Waals surface area contributed by atoms with Gasteiger partial charge in [-0.05, 0) is 63.9 Å². The third-order valence-corrected chi connectivity index (χ3v) is 3.11. The highest BCUT2D eigenvalue weighted by atomic mass is 15.1. The van der Waals surface area contributed by atoms with E-state index < -0.39 is 0 Å². The van der Waals surface area contributed by atoms with Gasteiger partial charge >= 0.3 is 0 Å². The van der Waals surface area contributed by atoms with E-state index in [-0.39, 0.29) is 0 Å². The van der Waals surface area contributed by atoms with Crippen LogP contribution in [0.4, 0.5) is 0 Å². The molecule has 0 atom stereocenters. The molecule has 1 aliphatic heterocycles. The lowest BCUT2D eigenvalue weighted by molar-refractivity contribution is 0.336. The summed E-state index contributed by atoms with van der Waals surface area (Å²) in [5.41, 5.74) is 2.39. The Morgan fingerprint density at radius 1 is 1.38 bits per heavy atom. The summed E-state index contributed by atoms with van der Waals surface area (Å²) < 4.78 is 0. The van der Waals surface area contributed by atoms with E-state index in [0.717, 1.165) is 6.42 Å². The fourth-order valence-corrected chi connectivity index (χ4v) is 2.06. The quantitative estimate of drug-likeness (QED) is 0.496. The van der Waals surface area contributed by atoms with Crippen LogP contribution in [0.15, 0.2) is 29.3 Å². The van der Waals surface area contributed by atoms with Gasteiger partial charge in [-0.15, -0.1) is 0 Å². The van der Waals surface area contributed by atoms with Crippen LogP contribution in [0.1, 0.15) is 32.6 Å². The minimum absolute atomic E-state index is 1.08. The zero-order chi connectivity index (χ0) is 11.8. The second-order valence-electron chi connectivity index (χ2n) is 4.46. The fourth-order valence-electron chi connectivity index (χ4n) is 2.06. The molecule has 1 rings (SSSR count). The number of nitrogens with zero attached hydrogens (tertiary/aromatic N) is 2. The molecule has 0 unspecified atom stereocenters. The average Bonchev–Trinajstić information content (AvgIpc) is 2.80. The number of hydrogen-bond donors (Lipinski definition) is 0. The zero-order valence-corrected chi connectivity index (χ0v) is 10.7. The largest absolute Gasteiger partial charge is 0.303 e. The van der Waals surface area contributed by atoms with Crippen molar-refractivity contribution in [1.82, 2.24) is 4.90 Å². The number of likely N-dealkylation sites (tertiary alicyclic amines) is 1. The van der Waals surface area contributed by atoms with Gasteiger partial charge in [0.25, 0.3) is 0 Å². The lowest BCUT2D eigenvalue weighted by atomic mass is 10.1. The van der Waals surface area contributed by atoms with Gasteiger partial charge in [0, 0.05) is 12.8 Å². The minimum atomic E-state index is 1.08. The molecule has 0 spiro atoms. The molecule has 16 heavy (non-hydrogen) atoms. The molecule has 1 aliphatic rings. The van der Waals surface area contributed by atoms with Crippen molar-refractivity contribution in [3.63, 3.8) is 0 Å². The van der Waals surface area contributed by atoms with E-state index in [2.05, 4.69) is 29.5 Å². The van der Waals surface area contributed by atoms with E-state index >= 15 is 0 Å². The first-order chi connectivity index (χ1) is 7.76. The molecule has 0 saturated carbocycles. The van der Waals surface area contributed by atoms with Crippen LogP contribution in [-0.2, 0) is 0 Å². The van der Waals surface area contributed by atoms with Gasteiger partial charge in [0.05, 0.1) is 0 Å². The van der Waals surface area contributed by atoms with Crippen molar-refractivity contribution >= 4 is 5.71 Å². The Morgan fingerprint density at radius 3 is 2.62 bits per heavy atom. The zero-order valence-electron chi connectivity index (χ0n) is 10.7. The maximum Gasteiger partial charge on any atom is 0.0347 e. The van der Waals surface area contributed by atoms with Gasteiger partial charge in [-0.1, -0.05) is 12.7 Å². The van der Waals surface area contributed by atoms with Gasteiger partial charge in [-0.25, -0.2) is 0 Å². The predicted molar refractivity (Wildman–Crippen MR) is 72.2 cm³/mol. The van der Waals surface area contributed by atoms with Crippen molar-refractivity contribution in [2.75, 3.05) is 26.7 Å². The fraction of sp³-hybridized carbons (Fsp3) is 0.643. The molecule has 90 valence electrons. The predicted octanol–water partition coefficient (Wildman–Crippen LogP) is 3.07. The molecular weight excluding hydrogens is 196 g/mol. The first-order valence-corrected chi connectivity index (χ1v) is 6.25. The topological polar surface area (TPSA) is 15.6 Å². The normalized spacial score (nSPS) is 19.1. The lowest BCUT2D eigenvalue weighted by Gasteiger charge is -2.13. The Labute approximate surface area is 99.8 Å². The molecule has 1 saturated heterocycles. The maximum absolute atomic E-state index is 4.31. The molecule has 0 aliphatic carbocycles. The summed E-state index contributed by atoms with van der Waals surface area (Å²) >= 11 is 0. The summed E-state index contributed by atoms with van der Waals surface area (Å²) in [6.07, 6.45) is 9.07. The Balaban J connectivity index is 2.26. The van der Waals surface area contributed by atoms with Gasteiger partial charge in [0.2, 0.25) is 0 Å². The Hall–Kier alpha value is -0.890. The number of aliphatic imine (C=N–C) groups is 1. The van der Waals surface area contributed by atoms with E-state index in [0.29, 0.717) is 0 Å². The van der Waals surface area contributed by atoms with Crippen LogP contribution in [0.25, 0.3) is 0 Å². The Kier molecular flexibility index (Phi) is 6.09. The van der Waals surface area contributed by atoms with Crippen LogP contribution in [0.2, 0.25) is 0 Å². The van der Waals surface area contributed by atoms with Crippen molar-refractivity contribution in [2.24, 2.45) is 4.99 Å². The smallest absolute Gasteiger partial charge is 0.0347 e. The third-order valence-electron chi connectivity index (χ3n) is 3.11. The second-order valence-corrected chi connectivity index (χ2v) is 4.46. The summed E-state index contributed by atoms with van der Waals surface area (Å²) in [5, 5.41) is 0. The maximum atomic E-state index is 4.31. The summed E-state index contributed by atoms with van der Waals surface area (Å²) in [6, 6.07) is 0. The van der Waals surface area contributed by atoms with Gasteiger partial charge in [0.1, 0.15) is 0 Å². The van der Waals surface area contributed by atoms with Crippen molar-refractivity contribution in [3.8, 4) is 0 Å². The highest BCUT2D eigenvalue weighted by Crippen LogP contribution is 2.09. The molecule has 0 aromatic rings. The van der Waals surface area contributed by atoms with E-state index in [4.69, 9.17) is 0 Å². The average molecular weight is 220 g/mol. The third kappa shape index (κ3) is 4.75. The van der Waals surface area contributed by atoms with Gasteiger partial charge in [-0.3, -0.25) is 4.99 Å². The number of rotatable bonds is 6. The number of hydrogen-bond acceptors (Lipinski definition) is 2. The van der Waals surface area contributed by atoms with Crippen LogP contribution < -0.4 is 0 Å². The van der Waals surface area contributed by atoms with Crippen molar-refractivity contribution < 1.29 is 0 Å². The van der Waals surface area contributed by atoms with E-state index in [1.165, 1.54) is 50.2 Å². The summed E-state index contributed by atoms with van der Waals surface area (Å²) in [4.78, 5) is 6.87. The van der Waals surface area contributed by atoms with Crippen LogP contribution in [0.5, 0.6) is 0 Å². The molecule has 2 nitrogen and oxygen atoms in total. The Bertz CT molecular complexity index is 270. The monoisotopic (exact) mass is 220 g/mol. The summed E-state index contributed by atoms with van der Waals surface area (Å²) in [5.74, 6) is 0. The van der Waals surface area contributed by atoms with Crippen LogP contribution in [0, 0.1) is 0 Å². The van der Waals surface area contributed by atoms with Crippen LogP contribution in [0.3, 0.4) is 0 Å². The van der Waals surface area contributed by atoms with Crippen molar-refractivity contribution in [3.05, 3.63) is 24.3 Å². The highest BCUT2D eigenvalue weighted by Gasteiger charge is 2.10. The first-order valence-electron chi connectivity index (χ1n) is 6.25. The van der Waals surface area contributed by atoms with Gasteiger partial charge in [0.15, 0.2) is 0 Å². The number of allylic oxidation sites excluding steroid dienone is 3. The highest BCUT2D eigenvalue weighted by molar-refractivity contribution is 5.95. The molecule has 2 heteroatoms. The molecule has 0 radical (unpaired) electrons. The second kappa shape index (κ2) is 7.39. The van der Waals surface area contributed by atoms with E-state index in [1.807, 2.05) is 13.1 Å². The molecule has 1 fully saturated rings. The van der Waals surface area contributed by atoms with E-state index in [1.54, 1.807) is 0 Å². The van der Waals surface area contributed by atoms with Gasteiger partial charge in [-0.2, -0.15) is 0 Å². The minimum Gasteiger partial charge on any atom is -0.303 e. The summed E-state index contributed by atoms with van der Waals surface area (Å²) in [6.45, 7) is 9.63. The SMILES string of the molecule is C=C/C(C)=C\C(CCCN1CCCC1)=NC. The van der Waals surface area contributed by atoms with Crippen molar-refractivity contribution in [1.29, 1.82) is 0 Å². The molecular formula is C14H24N2. The molecule has 0 bridgehead atoms. The van der Waals surface area contributed by atoms with Gasteiger partial charge < -0.3 is 4.90 Å². The lowest BCUT2D eigenvalue weighted by Crippen LogP contribution is -2.20. The van der Waals surface area contributed by atoms with Crippen LogP contribution >= 0.6 is 0 Å². The molecule has 0 N–H and O–H groups in total. The molecule has 1 heterocycles. The first kappa shape index (κ1) is 13.2.